The summed E-state index contributed by atoms with van der Waals surface area (Å²) in [7, 11) is 0. The van der Waals surface area contributed by atoms with E-state index >= 15 is 0 Å². The molecule has 0 bridgehead atoms. The first-order valence-electron chi connectivity index (χ1n) is 7.53. The van der Waals surface area contributed by atoms with Crippen LogP contribution in [0.5, 0.6) is 5.75 Å². The minimum Gasteiger partial charge on any atom is -0.435 e. The zero-order valence-corrected chi connectivity index (χ0v) is 12.7. The molecule has 2 atom stereocenters. The topological polar surface area (TPSA) is 55.6 Å². The van der Waals surface area contributed by atoms with E-state index in [-0.39, 0.29) is 17.7 Å². The van der Waals surface area contributed by atoms with E-state index in [2.05, 4.69) is 4.74 Å². The maximum absolute atomic E-state index is 12.3. The molecule has 0 saturated carbocycles. The summed E-state index contributed by atoms with van der Waals surface area (Å²) in [6, 6.07) is 6.65. The van der Waals surface area contributed by atoms with Crippen molar-refractivity contribution in [2.75, 3.05) is 13.1 Å². The van der Waals surface area contributed by atoms with Crippen molar-refractivity contribution in [2.45, 2.75) is 38.8 Å². The predicted molar refractivity (Wildman–Crippen MR) is 79.7 cm³/mol. The van der Waals surface area contributed by atoms with Gasteiger partial charge in [0.15, 0.2) is 0 Å². The monoisotopic (exact) mass is 312 g/mol. The number of nitrogens with two attached hydrogens (primary N) is 1. The van der Waals surface area contributed by atoms with Crippen LogP contribution in [0.15, 0.2) is 24.3 Å². The van der Waals surface area contributed by atoms with Gasteiger partial charge in [-0.05, 0) is 49.9 Å². The van der Waals surface area contributed by atoms with Crippen molar-refractivity contribution in [3.63, 3.8) is 0 Å². The van der Waals surface area contributed by atoms with E-state index in [0.717, 1.165) is 18.5 Å². The second-order valence-corrected chi connectivity index (χ2v) is 5.76. The highest BCUT2D eigenvalue weighted by molar-refractivity contribution is 5.77. The molecule has 0 aliphatic carbocycles. The summed E-state index contributed by atoms with van der Waals surface area (Å²) >= 11 is 0. The number of alkyl halides is 2. The number of nitrogens with zero attached hydrogens (tertiary/aromatic N) is 1. The fourth-order valence-corrected chi connectivity index (χ4v) is 2.89. The van der Waals surface area contributed by atoms with Gasteiger partial charge >= 0.3 is 6.61 Å². The molecule has 122 valence electrons. The van der Waals surface area contributed by atoms with Gasteiger partial charge in [-0.1, -0.05) is 12.1 Å². The minimum atomic E-state index is -2.82. The Labute approximate surface area is 129 Å². The summed E-state index contributed by atoms with van der Waals surface area (Å²) in [5.41, 5.74) is 6.60. The Hall–Kier alpha value is -1.69. The number of halogens is 2. The standard InChI is InChI=1S/C16H22F2N2O2/c1-11-8-13(9-19)10-20(11)15(21)7-4-12-2-5-14(6-3-12)22-16(17)18/h2-3,5-6,11,13,16H,4,7-10,19H2,1H3. The summed E-state index contributed by atoms with van der Waals surface area (Å²) in [5.74, 6) is 0.644. The molecule has 1 aliphatic rings. The van der Waals surface area contributed by atoms with Crippen molar-refractivity contribution in [1.82, 2.24) is 4.90 Å². The summed E-state index contributed by atoms with van der Waals surface area (Å²) in [6.07, 6.45) is 1.96. The van der Waals surface area contributed by atoms with Crippen molar-refractivity contribution < 1.29 is 18.3 Å². The van der Waals surface area contributed by atoms with E-state index in [1.807, 2.05) is 11.8 Å². The van der Waals surface area contributed by atoms with Crippen LogP contribution < -0.4 is 10.5 Å². The van der Waals surface area contributed by atoms with Crippen molar-refractivity contribution in [3.8, 4) is 5.75 Å². The first-order valence-corrected chi connectivity index (χ1v) is 7.53. The van der Waals surface area contributed by atoms with E-state index in [4.69, 9.17) is 5.73 Å². The number of benzene rings is 1. The lowest BCUT2D eigenvalue weighted by Crippen LogP contribution is -2.34. The molecule has 1 saturated heterocycles. The summed E-state index contributed by atoms with van der Waals surface area (Å²) in [6.45, 7) is 0.570. The van der Waals surface area contributed by atoms with Crippen LogP contribution >= 0.6 is 0 Å². The molecule has 4 nitrogen and oxygen atoms in total. The summed E-state index contributed by atoms with van der Waals surface area (Å²) in [4.78, 5) is 14.2. The lowest BCUT2D eigenvalue weighted by atomic mass is 10.1. The number of amides is 1. The van der Waals surface area contributed by atoms with Crippen molar-refractivity contribution in [1.29, 1.82) is 0 Å². The quantitative estimate of drug-likeness (QED) is 0.877. The summed E-state index contributed by atoms with van der Waals surface area (Å²) in [5, 5.41) is 0. The van der Waals surface area contributed by atoms with Gasteiger partial charge in [0, 0.05) is 19.0 Å². The molecular weight excluding hydrogens is 290 g/mol. The molecule has 0 aromatic heterocycles. The van der Waals surface area contributed by atoms with Crippen LogP contribution in [0.4, 0.5) is 8.78 Å². The van der Waals surface area contributed by atoms with Gasteiger partial charge in [0.1, 0.15) is 5.75 Å². The van der Waals surface area contributed by atoms with Crippen LogP contribution in [0, 0.1) is 5.92 Å². The van der Waals surface area contributed by atoms with Gasteiger partial charge in [-0.25, -0.2) is 0 Å². The number of hydrogen-bond acceptors (Lipinski definition) is 3. The number of carbonyl (C=O) groups is 1. The van der Waals surface area contributed by atoms with Gasteiger partial charge < -0.3 is 15.4 Å². The Morgan fingerprint density at radius 1 is 1.41 bits per heavy atom. The molecule has 2 N–H and O–H groups in total. The lowest BCUT2D eigenvalue weighted by Gasteiger charge is -2.21. The second kappa shape index (κ2) is 7.54. The van der Waals surface area contributed by atoms with E-state index < -0.39 is 6.61 Å². The van der Waals surface area contributed by atoms with E-state index in [9.17, 15) is 13.6 Å². The Kier molecular flexibility index (Phi) is 5.71. The second-order valence-electron chi connectivity index (χ2n) is 5.76. The van der Waals surface area contributed by atoms with Gasteiger partial charge in [-0.15, -0.1) is 0 Å². The molecule has 0 spiro atoms. The van der Waals surface area contributed by atoms with E-state index in [0.29, 0.717) is 25.3 Å². The molecule has 1 fully saturated rings. The lowest BCUT2D eigenvalue weighted by molar-refractivity contribution is -0.131. The third-order valence-electron chi connectivity index (χ3n) is 4.09. The Bertz CT molecular complexity index is 493. The molecule has 2 unspecified atom stereocenters. The van der Waals surface area contributed by atoms with Crippen LogP contribution in [0.2, 0.25) is 0 Å². The van der Waals surface area contributed by atoms with Crippen LogP contribution in [0.25, 0.3) is 0 Å². The average molecular weight is 312 g/mol. The molecule has 2 rings (SSSR count). The molecule has 0 radical (unpaired) electrons. The molecule has 1 heterocycles. The molecule has 6 heteroatoms. The highest BCUT2D eigenvalue weighted by Gasteiger charge is 2.30. The molecule has 1 aromatic carbocycles. The highest BCUT2D eigenvalue weighted by atomic mass is 19.3. The fraction of sp³-hybridized carbons (Fsp3) is 0.562. The Morgan fingerprint density at radius 3 is 2.64 bits per heavy atom. The zero-order valence-electron chi connectivity index (χ0n) is 12.7. The van der Waals surface area contributed by atoms with Gasteiger partial charge in [-0.3, -0.25) is 4.79 Å². The maximum atomic E-state index is 12.3. The number of rotatable bonds is 6. The van der Waals surface area contributed by atoms with Crippen molar-refractivity contribution in [2.24, 2.45) is 11.7 Å². The van der Waals surface area contributed by atoms with Crippen LogP contribution in [-0.2, 0) is 11.2 Å². The Morgan fingerprint density at radius 2 is 2.09 bits per heavy atom. The van der Waals surface area contributed by atoms with Gasteiger partial charge in [0.25, 0.3) is 0 Å². The minimum absolute atomic E-state index is 0.122. The normalized spacial score (nSPS) is 21.4. The summed E-state index contributed by atoms with van der Waals surface area (Å²) < 4.78 is 28.4. The van der Waals surface area contributed by atoms with Crippen LogP contribution in [0.3, 0.4) is 0 Å². The van der Waals surface area contributed by atoms with Crippen LogP contribution in [-0.4, -0.2) is 36.5 Å². The smallest absolute Gasteiger partial charge is 0.387 e. The van der Waals surface area contributed by atoms with Crippen molar-refractivity contribution >= 4 is 5.91 Å². The number of hydrogen-bond donors (Lipinski definition) is 1. The number of ether oxygens (including phenoxy) is 1. The number of aryl methyl sites for hydroxylation is 1. The van der Waals surface area contributed by atoms with Gasteiger partial charge in [-0.2, -0.15) is 8.78 Å². The number of carbonyl (C=O) groups excluding carboxylic acids is 1. The largest absolute Gasteiger partial charge is 0.435 e. The molecule has 1 aliphatic heterocycles. The van der Waals surface area contributed by atoms with Crippen molar-refractivity contribution in [3.05, 3.63) is 29.8 Å². The third-order valence-corrected chi connectivity index (χ3v) is 4.09. The van der Waals surface area contributed by atoms with E-state index in [1.54, 1.807) is 12.1 Å². The Balaban J connectivity index is 1.83. The average Bonchev–Trinajstić information content (AvgIpc) is 2.87. The molecule has 1 aromatic rings. The van der Waals surface area contributed by atoms with Crippen LogP contribution in [0.1, 0.15) is 25.3 Å². The SMILES string of the molecule is CC1CC(CN)CN1C(=O)CCc1ccc(OC(F)F)cc1. The number of likely N-dealkylation sites (tertiary alicyclic amines) is 1. The molecule has 22 heavy (non-hydrogen) atoms. The van der Waals surface area contributed by atoms with E-state index in [1.165, 1.54) is 12.1 Å². The molecular formula is C16H22F2N2O2. The van der Waals surface area contributed by atoms with Gasteiger partial charge in [0.2, 0.25) is 5.91 Å². The third kappa shape index (κ3) is 4.40. The predicted octanol–water partition coefficient (Wildman–Crippen LogP) is 2.42. The zero-order chi connectivity index (χ0) is 16.1. The fourth-order valence-electron chi connectivity index (χ4n) is 2.89. The maximum Gasteiger partial charge on any atom is 0.387 e. The highest BCUT2D eigenvalue weighted by Crippen LogP contribution is 2.23. The van der Waals surface area contributed by atoms with Gasteiger partial charge in [0.05, 0.1) is 0 Å². The molecule has 1 amide bonds. The first kappa shape index (κ1) is 16.7. The first-order chi connectivity index (χ1) is 10.5.